The third-order valence-electron chi connectivity index (χ3n) is 3.13. The third-order valence-corrected chi connectivity index (χ3v) is 4.35. The molecule has 0 unspecified atom stereocenters. The molecule has 0 fully saturated rings. The number of thiazole rings is 1. The van der Waals surface area contributed by atoms with E-state index in [1.165, 1.54) is 11.3 Å². The summed E-state index contributed by atoms with van der Waals surface area (Å²) < 4.78 is 5.74. The molecule has 0 aliphatic rings. The van der Waals surface area contributed by atoms with Crippen molar-refractivity contribution in [1.29, 1.82) is 0 Å². The van der Waals surface area contributed by atoms with Crippen LogP contribution < -0.4 is 4.74 Å². The average molecular weight is 305 g/mol. The number of hydrogen-bond donors (Lipinski definition) is 1. The Balaban J connectivity index is 1.81. The van der Waals surface area contributed by atoms with E-state index in [4.69, 9.17) is 9.84 Å². The molecule has 1 aromatic carbocycles. The number of benzene rings is 1. The summed E-state index contributed by atoms with van der Waals surface area (Å²) in [6.45, 7) is 4.53. The molecule has 2 aromatic rings. The lowest BCUT2D eigenvalue weighted by Gasteiger charge is -2.07. The first-order valence-electron chi connectivity index (χ1n) is 6.91. The van der Waals surface area contributed by atoms with Gasteiger partial charge in [0.15, 0.2) is 0 Å². The van der Waals surface area contributed by atoms with Gasteiger partial charge in [-0.05, 0) is 31.9 Å². The van der Waals surface area contributed by atoms with Crippen LogP contribution in [0.15, 0.2) is 24.3 Å². The molecule has 112 valence electrons. The molecule has 0 radical (unpaired) electrons. The van der Waals surface area contributed by atoms with E-state index in [0.29, 0.717) is 6.61 Å². The second-order valence-corrected chi connectivity index (χ2v) is 6.07. The van der Waals surface area contributed by atoms with Gasteiger partial charge in [-0.3, -0.25) is 4.79 Å². The average Bonchev–Trinajstić information content (AvgIpc) is 2.76. The first kappa shape index (κ1) is 15.5. The molecule has 1 aromatic heterocycles. The van der Waals surface area contributed by atoms with Crippen molar-refractivity contribution in [2.24, 2.45) is 0 Å². The molecule has 2 rings (SSSR count). The van der Waals surface area contributed by atoms with Crippen LogP contribution in [-0.4, -0.2) is 22.7 Å². The minimum absolute atomic E-state index is 0.0587. The molecule has 0 saturated heterocycles. The van der Waals surface area contributed by atoms with Crippen LogP contribution >= 0.6 is 11.3 Å². The van der Waals surface area contributed by atoms with Crippen LogP contribution in [-0.2, 0) is 17.6 Å². The molecule has 0 atom stereocenters. The van der Waals surface area contributed by atoms with Gasteiger partial charge < -0.3 is 9.84 Å². The summed E-state index contributed by atoms with van der Waals surface area (Å²) in [5.41, 5.74) is 1.96. The Hall–Kier alpha value is -1.88. The van der Waals surface area contributed by atoms with E-state index in [9.17, 15) is 4.79 Å². The summed E-state index contributed by atoms with van der Waals surface area (Å²) in [6.07, 6.45) is 1.74. The standard InChI is InChI=1S/C16H19NO3S/c1-11-6-3-4-7-13(11)20-9-5-8-15-17-12(2)14(21-15)10-16(18)19/h3-4,6-7H,5,8-10H2,1-2H3,(H,18,19). The number of carboxylic acids is 1. The van der Waals surface area contributed by atoms with Crippen LogP contribution in [0.2, 0.25) is 0 Å². The summed E-state index contributed by atoms with van der Waals surface area (Å²) >= 11 is 1.49. The third kappa shape index (κ3) is 4.56. The summed E-state index contributed by atoms with van der Waals surface area (Å²) in [4.78, 5) is 16.0. The molecule has 1 heterocycles. The van der Waals surface area contributed by atoms with Crippen molar-refractivity contribution in [1.82, 2.24) is 4.98 Å². The zero-order chi connectivity index (χ0) is 15.2. The number of hydrogen-bond acceptors (Lipinski definition) is 4. The monoisotopic (exact) mass is 305 g/mol. The predicted molar refractivity (Wildman–Crippen MR) is 83.2 cm³/mol. The van der Waals surface area contributed by atoms with Gasteiger partial charge in [-0.2, -0.15) is 0 Å². The number of para-hydroxylation sites is 1. The number of carboxylic acid groups (broad SMARTS) is 1. The van der Waals surface area contributed by atoms with E-state index in [-0.39, 0.29) is 6.42 Å². The largest absolute Gasteiger partial charge is 0.493 e. The number of aromatic nitrogens is 1. The first-order valence-corrected chi connectivity index (χ1v) is 7.73. The summed E-state index contributed by atoms with van der Waals surface area (Å²) in [5.74, 6) is 0.107. The first-order chi connectivity index (χ1) is 10.1. The molecule has 0 aliphatic carbocycles. The van der Waals surface area contributed by atoms with Crippen molar-refractivity contribution >= 4 is 17.3 Å². The zero-order valence-corrected chi connectivity index (χ0v) is 13.1. The van der Waals surface area contributed by atoms with Gasteiger partial charge in [0.05, 0.1) is 23.7 Å². The molecule has 0 saturated carbocycles. The van der Waals surface area contributed by atoms with Crippen molar-refractivity contribution in [3.63, 3.8) is 0 Å². The lowest BCUT2D eigenvalue weighted by atomic mass is 10.2. The van der Waals surface area contributed by atoms with Crippen LogP contribution in [0.1, 0.15) is 27.6 Å². The lowest BCUT2D eigenvalue weighted by Crippen LogP contribution is -2.00. The van der Waals surface area contributed by atoms with E-state index < -0.39 is 5.97 Å². The Kier molecular flexibility index (Phi) is 5.33. The predicted octanol–water partition coefficient (Wildman–Crippen LogP) is 3.40. The highest BCUT2D eigenvalue weighted by molar-refractivity contribution is 7.11. The number of carbonyl (C=O) groups is 1. The minimum Gasteiger partial charge on any atom is -0.493 e. The lowest BCUT2D eigenvalue weighted by molar-refractivity contribution is -0.136. The number of aliphatic carboxylic acids is 1. The van der Waals surface area contributed by atoms with E-state index in [2.05, 4.69) is 4.98 Å². The van der Waals surface area contributed by atoms with Gasteiger partial charge in [-0.1, -0.05) is 18.2 Å². The van der Waals surface area contributed by atoms with Crippen molar-refractivity contribution in [2.45, 2.75) is 33.1 Å². The van der Waals surface area contributed by atoms with Gasteiger partial charge in [0, 0.05) is 11.3 Å². The number of rotatable bonds is 7. The van der Waals surface area contributed by atoms with Gasteiger partial charge in [0.1, 0.15) is 5.75 Å². The second-order valence-electron chi connectivity index (χ2n) is 4.90. The SMILES string of the molecule is Cc1ccccc1OCCCc1nc(C)c(CC(=O)O)s1. The maximum absolute atomic E-state index is 10.7. The van der Waals surface area contributed by atoms with Crippen molar-refractivity contribution in [2.75, 3.05) is 6.61 Å². The van der Waals surface area contributed by atoms with Crippen molar-refractivity contribution in [3.05, 3.63) is 45.4 Å². The van der Waals surface area contributed by atoms with Gasteiger partial charge in [0.2, 0.25) is 0 Å². The van der Waals surface area contributed by atoms with E-state index in [1.54, 1.807) is 0 Å². The molecule has 0 amide bonds. The maximum Gasteiger partial charge on any atom is 0.308 e. The summed E-state index contributed by atoms with van der Waals surface area (Å²) in [5, 5.41) is 9.81. The van der Waals surface area contributed by atoms with Gasteiger partial charge >= 0.3 is 5.97 Å². The normalized spacial score (nSPS) is 10.6. The fraction of sp³-hybridized carbons (Fsp3) is 0.375. The van der Waals surface area contributed by atoms with E-state index in [1.807, 2.05) is 38.1 Å². The molecule has 0 aliphatic heterocycles. The fourth-order valence-corrected chi connectivity index (χ4v) is 3.12. The molecule has 4 nitrogen and oxygen atoms in total. The van der Waals surface area contributed by atoms with Crippen LogP contribution in [0.5, 0.6) is 5.75 Å². The second kappa shape index (κ2) is 7.22. The number of nitrogens with zero attached hydrogens (tertiary/aromatic N) is 1. The Bertz CT molecular complexity index is 622. The van der Waals surface area contributed by atoms with Crippen LogP contribution in [0, 0.1) is 13.8 Å². The molecule has 0 bridgehead atoms. The van der Waals surface area contributed by atoms with Crippen molar-refractivity contribution in [3.8, 4) is 5.75 Å². The highest BCUT2D eigenvalue weighted by atomic mass is 32.1. The molecular weight excluding hydrogens is 286 g/mol. The highest BCUT2D eigenvalue weighted by Crippen LogP contribution is 2.21. The summed E-state index contributed by atoms with van der Waals surface area (Å²) in [6, 6.07) is 7.95. The van der Waals surface area contributed by atoms with Gasteiger partial charge in [0.25, 0.3) is 0 Å². The molecule has 0 spiro atoms. The Morgan fingerprint density at radius 3 is 2.81 bits per heavy atom. The van der Waals surface area contributed by atoms with Crippen molar-refractivity contribution < 1.29 is 14.6 Å². The van der Waals surface area contributed by atoms with Gasteiger partial charge in [-0.15, -0.1) is 11.3 Å². The summed E-state index contributed by atoms with van der Waals surface area (Å²) in [7, 11) is 0. The topological polar surface area (TPSA) is 59.4 Å². The maximum atomic E-state index is 10.7. The molecular formula is C16H19NO3S. The smallest absolute Gasteiger partial charge is 0.308 e. The fourth-order valence-electron chi connectivity index (χ4n) is 2.02. The van der Waals surface area contributed by atoms with E-state index >= 15 is 0 Å². The Labute approximate surface area is 128 Å². The van der Waals surface area contributed by atoms with Crippen LogP contribution in [0.3, 0.4) is 0 Å². The number of ether oxygens (including phenoxy) is 1. The Morgan fingerprint density at radius 1 is 1.33 bits per heavy atom. The zero-order valence-electron chi connectivity index (χ0n) is 12.3. The highest BCUT2D eigenvalue weighted by Gasteiger charge is 2.10. The van der Waals surface area contributed by atoms with Crippen LogP contribution in [0.25, 0.3) is 0 Å². The quantitative estimate of drug-likeness (QED) is 0.797. The van der Waals surface area contributed by atoms with Gasteiger partial charge in [-0.25, -0.2) is 4.98 Å². The number of aryl methyl sites for hydroxylation is 3. The molecule has 5 heteroatoms. The molecule has 21 heavy (non-hydrogen) atoms. The van der Waals surface area contributed by atoms with Crippen LogP contribution in [0.4, 0.5) is 0 Å². The minimum atomic E-state index is -0.809. The Morgan fingerprint density at radius 2 is 2.10 bits per heavy atom. The molecule has 1 N–H and O–H groups in total. The van der Waals surface area contributed by atoms with E-state index in [0.717, 1.165) is 39.7 Å².